The Labute approximate surface area is 258 Å². The van der Waals surface area contributed by atoms with Crippen LogP contribution in [-0.2, 0) is 23.8 Å². The third-order valence-corrected chi connectivity index (χ3v) is 13.0. The molecular weight excluding hydrogens is 540 g/mol. The van der Waals surface area contributed by atoms with Crippen molar-refractivity contribution in [1.29, 1.82) is 0 Å². The molecule has 1 unspecified atom stereocenters. The highest BCUT2D eigenvalue weighted by Gasteiger charge is 2.66. The average Bonchev–Trinajstić information content (AvgIpc) is 3.48. The first-order valence-electron chi connectivity index (χ1n) is 17.1. The van der Waals surface area contributed by atoms with Crippen LogP contribution in [0.1, 0.15) is 117 Å². The van der Waals surface area contributed by atoms with Gasteiger partial charge in [0.15, 0.2) is 5.79 Å². The largest absolute Gasteiger partial charge is 0.496 e. The van der Waals surface area contributed by atoms with Crippen LogP contribution in [0, 0.1) is 46.3 Å². The number of carbonyl (C=O) groups excluding carboxylic acids is 2. The van der Waals surface area contributed by atoms with Gasteiger partial charge in [-0.05, 0) is 106 Å². The van der Waals surface area contributed by atoms with Gasteiger partial charge < -0.3 is 18.9 Å². The molecule has 6 rings (SSSR count). The van der Waals surface area contributed by atoms with Gasteiger partial charge in [0, 0.05) is 30.7 Å². The number of hydrogen-bond donors (Lipinski definition) is 0. The van der Waals surface area contributed by atoms with E-state index in [4.69, 9.17) is 18.9 Å². The molecule has 43 heavy (non-hydrogen) atoms. The summed E-state index contributed by atoms with van der Waals surface area (Å²) in [4.78, 5) is 26.1. The smallest absolute Gasteiger partial charge is 0.303 e. The van der Waals surface area contributed by atoms with Crippen LogP contribution in [0.4, 0.5) is 0 Å². The lowest BCUT2D eigenvalue weighted by Crippen LogP contribution is -2.60. The van der Waals surface area contributed by atoms with Crippen molar-refractivity contribution >= 4 is 11.8 Å². The first-order valence-corrected chi connectivity index (χ1v) is 17.1. The summed E-state index contributed by atoms with van der Waals surface area (Å²) in [6.07, 6.45) is 10.4. The maximum absolute atomic E-state index is 14.1. The fourth-order valence-electron chi connectivity index (χ4n) is 11.1. The number of benzene rings is 1. The third-order valence-electron chi connectivity index (χ3n) is 13.0. The highest BCUT2D eigenvalue weighted by Crippen LogP contribution is 2.68. The monoisotopic (exact) mass is 594 g/mol. The van der Waals surface area contributed by atoms with Gasteiger partial charge in [0.25, 0.3) is 0 Å². The number of para-hydroxylation sites is 1. The van der Waals surface area contributed by atoms with E-state index in [0.29, 0.717) is 35.9 Å². The fourth-order valence-corrected chi connectivity index (χ4v) is 11.1. The van der Waals surface area contributed by atoms with Crippen LogP contribution in [0.25, 0.3) is 0 Å². The number of carbonyl (C=O) groups is 2. The van der Waals surface area contributed by atoms with Crippen molar-refractivity contribution in [2.75, 3.05) is 7.11 Å². The molecule has 1 saturated heterocycles. The minimum atomic E-state index is -0.550. The quantitative estimate of drug-likeness (QED) is 0.284. The van der Waals surface area contributed by atoms with E-state index in [-0.39, 0.29) is 46.9 Å². The first-order chi connectivity index (χ1) is 20.4. The van der Waals surface area contributed by atoms with Gasteiger partial charge in [-0.2, -0.15) is 0 Å². The van der Waals surface area contributed by atoms with Crippen LogP contribution in [0.15, 0.2) is 24.3 Å². The van der Waals surface area contributed by atoms with Crippen molar-refractivity contribution in [3.63, 3.8) is 0 Å². The molecule has 238 valence electrons. The number of ketones is 1. The molecule has 5 aliphatic rings. The lowest BCUT2D eigenvalue weighted by Gasteiger charge is -2.61. The predicted octanol–water partition coefficient (Wildman–Crippen LogP) is 8.07. The number of hydrogen-bond acceptors (Lipinski definition) is 6. The number of ether oxygens (including phenoxy) is 4. The van der Waals surface area contributed by atoms with Gasteiger partial charge >= 0.3 is 5.97 Å². The zero-order valence-corrected chi connectivity index (χ0v) is 27.5. The zero-order chi connectivity index (χ0) is 30.7. The Balaban J connectivity index is 1.13. The molecule has 1 aromatic carbocycles. The van der Waals surface area contributed by atoms with Gasteiger partial charge in [0.1, 0.15) is 17.6 Å². The van der Waals surface area contributed by atoms with Crippen molar-refractivity contribution < 1.29 is 28.5 Å². The van der Waals surface area contributed by atoms with Gasteiger partial charge in [-0.3, -0.25) is 9.59 Å². The lowest BCUT2D eigenvalue weighted by molar-refractivity contribution is -0.178. The molecule has 5 fully saturated rings. The highest BCUT2D eigenvalue weighted by atomic mass is 16.8. The zero-order valence-electron chi connectivity index (χ0n) is 27.5. The Morgan fingerprint density at radius 2 is 1.67 bits per heavy atom. The molecule has 4 aliphatic carbocycles. The number of methoxy groups -OCH3 is 1. The Morgan fingerprint density at radius 1 is 0.953 bits per heavy atom. The van der Waals surface area contributed by atoms with Crippen molar-refractivity contribution in [2.45, 2.75) is 130 Å². The van der Waals surface area contributed by atoms with Crippen molar-refractivity contribution in [2.24, 2.45) is 46.3 Å². The van der Waals surface area contributed by atoms with Crippen LogP contribution >= 0.6 is 0 Å². The van der Waals surface area contributed by atoms with Crippen molar-refractivity contribution in [3.05, 3.63) is 29.8 Å². The molecule has 6 nitrogen and oxygen atoms in total. The van der Waals surface area contributed by atoms with Crippen LogP contribution in [0.2, 0.25) is 0 Å². The van der Waals surface area contributed by atoms with E-state index in [2.05, 4.69) is 20.8 Å². The van der Waals surface area contributed by atoms with E-state index in [1.54, 1.807) is 7.11 Å². The standard InChI is InChI=1S/C37H54O6/c1-22(11-10-14-31(41-23(2)38)24-12-8-9-13-30(24)40-7)25-15-16-26-33-27(17-19-36(25,26)5)37(6)20-18-32-34(28(37)21-29(33)39)43-35(3,4)42-32/h8-9,12-13,22,25-28,31-34H,10-11,14-21H2,1-7H3/t22-,25-,26+,27+,28+,31?,32+,33+,34-,36-,37-/m1/s1. The predicted molar refractivity (Wildman–Crippen MR) is 165 cm³/mol. The Morgan fingerprint density at radius 3 is 2.42 bits per heavy atom. The topological polar surface area (TPSA) is 71.1 Å². The van der Waals surface area contributed by atoms with Gasteiger partial charge in [0.05, 0.1) is 19.3 Å². The van der Waals surface area contributed by atoms with Crippen molar-refractivity contribution in [1.82, 2.24) is 0 Å². The first kappa shape index (κ1) is 31.1. The summed E-state index contributed by atoms with van der Waals surface area (Å²) >= 11 is 0. The molecule has 0 aromatic heterocycles. The summed E-state index contributed by atoms with van der Waals surface area (Å²) in [5.41, 5.74) is 1.30. The molecule has 6 heteroatoms. The molecule has 0 N–H and O–H groups in total. The number of Topliss-reactive ketones (excluding diaryl/α,β-unsaturated/α-hetero) is 1. The second kappa shape index (κ2) is 11.5. The highest BCUT2D eigenvalue weighted by molar-refractivity contribution is 5.83. The van der Waals surface area contributed by atoms with Gasteiger partial charge in [0.2, 0.25) is 0 Å². The Hall–Kier alpha value is -1.92. The SMILES string of the molecule is COc1ccccc1C(CCC[C@@H](C)[C@H]1CC[C@H]2[C@@H]3C(=O)C[C@H]4[C@H]5OC(C)(C)O[C@H]5CC[C@]4(C)[C@H]3CC[C@]12C)OC(C)=O. The second-order valence-corrected chi connectivity index (χ2v) is 15.7. The van der Waals surface area contributed by atoms with Crippen LogP contribution < -0.4 is 4.74 Å². The minimum Gasteiger partial charge on any atom is -0.496 e. The molecular formula is C37H54O6. The van der Waals surface area contributed by atoms with E-state index in [1.165, 1.54) is 26.2 Å². The van der Waals surface area contributed by atoms with Crippen LogP contribution in [0.3, 0.4) is 0 Å². The molecule has 4 saturated carbocycles. The normalized spacial score (nSPS) is 40.9. The van der Waals surface area contributed by atoms with Gasteiger partial charge in [-0.25, -0.2) is 0 Å². The summed E-state index contributed by atoms with van der Waals surface area (Å²) in [5, 5.41) is 0. The van der Waals surface area contributed by atoms with E-state index in [1.807, 2.05) is 38.1 Å². The van der Waals surface area contributed by atoms with Crippen LogP contribution in [0.5, 0.6) is 5.75 Å². The minimum absolute atomic E-state index is 0.0509. The number of fused-ring (bicyclic) bond motifs is 7. The van der Waals surface area contributed by atoms with Crippen LogP contribution in [-0.4, -0.2) is 36.9 Å². The summed E-state index contributed by atoms with van der Waals surface area (Å²) in [6, 6.07) is 7.85. The molecule has 1 heterocycles. The van der Waals surface area contributed by atoms with E-state index in [0.717, 1.165) is 49.8 Å². The molecule has 1 aromatic rings. The second-order valence-electron chi connectivity index (χ2n) is 15.7. The maximum atomic E-state index is 14.1. The number of esters is 1. The summed E-state index contributed by atoms with van der Waals surface area (Å²) in [5.74, 6) is 3.07. The fraction of sp³-hybridized carbons (Fsp3) is 0.784. The molecule has 11 atom stereocenters. The summed E-state index contributed by atoms with van der Waals surface area (Å²) < 4.78 is 24.1. The van der Waals surface area contributed by atoms with Gasteiger partial charge in [-0.15, -0.1) is 0 Å². The van der Waals surface area contributed by atoms with Crippen molar-refractivity contribution in [3.8, 4) is 5.75 Å². The van der Waals surface area contributed by atoms with E-state index >= 15 is 0 Å². The van der Waals surface area contributed by atoms with E-state index in [9.17, 15) is 9.59 Å². The maximum Gasteiger partial charge on any atom is 0.303 e. The van der Waals surface area contributed by atoms with E-state index < -0.39 is 5.79 Å². The average molecular weight is 595 g/mol. The Bertz CT molecular complexity index is 1210. The molecule has 0 amide bonds. The molecule has 0 bridgehead atoms. The molecule has 0 radical (unpaired) electrons. The Kier molecular flexibility index (Phi) is 8.28. The molecule has 1 aliphatic heterocycles. The van der Waals surface area contributed by atoms with Gasteiger partial charge in [-0.1, -0.05) is 45.4 Å². The third kappa shape index (κ3) is 5.37. The summed E-state index contributed by atoms with van der Waals surface area (Å²) in [6.45, 7) is 13.0. The molecule has 0 spiro atoms. The lowest BCUT2D eigenvalue weighted by atomic mass is 9.43. The summed E-state index contributed by atoms with van der Waals surface area (Å²) in [7, 11) is 1.66. The number of rotatable bonds is 8.